The highest BCUT2D eigenvalue weighted by Crippen LogP contribution is 2.24. The molecule has 7 nitrogen and oxygen atoms in total. The molecule has 0 bridgehead atoms. The quantitative estimate of drug-likeness (QED) is 0.461. The van der Waals surface area contributed by atoms with Gasteiger partial charge < -0.3 is 16.0 Å². The van der Waals surface area contributed by atoms with Gasteiger partial charge in [0.05, 0.1) is 27.3 Å². The number of amides is 1. The minimum atomic E-state index is -0.694. The Morgan fingerprint density at radius 2 is 2.00 bits per heavy atom. The molecule has 8 heteroatoms. The number of hydrogen-bond donors (Lipinski definition) is 3. The average Bonchev–Trinajstić information content (AvgIpc) is 3.22. The Kier molecular flexibility index (Phi) is 4.33. The zero-order valence-corrected chi connectivity index (χ0v) is 15.3. The fraction of sp³-hybridized carbons (Fsp3) is 0.158. The van der Waals surface area contributed by atoms with Gasteiger partial charge in [0.1, 0.15) is 0 Å². The molecule has 0 spiro atoms. The van der Waals surface area contributed by atoms with Crippen LogP contribution in [0.15, 0.2) is 42.5 Å². The number of nitrogen functional groups attached to an aromatic ring is 1. The lowest BCUT2D eigenvalue weighted by molar-refractivity contribution is -0.119. The molecule has 4 rings (SSSR count). The van der Waals surface area contributed by atoms with E-state index in [1.165, 1.54) is 18.3 Å². The van der Waals surface area contributed by atoms with Crippen LogP contribution in [0.2, 0.25) is 0 Å². The molecule has 0 aliphatic rings. The summed E-state index contributed by atoms with van der Waals surface area (Å²) in [5.41, 5.74) is 8.90. The van der Waals surface area contributed by atoms with Crippen molar-refractivity contribution in [3.05, 3.63) is 53.0 Å². The number of para-hydroxylation sites is 1. The molecule has 27 heavy (non-hydrogen) atoms. The van der Waals surface area contributed by atoms with Gasteiger partial charge in [-0.05, 0) is 29.8 Å². The third-order valence-electron chi connectivity index (χ3n) is 4.20. The number of benzene rings is 2. The van der Waals surface area contributed by atoms with Crippen LogP contribution >= 0.6 is 11.3 Å². The second-order valence-corrected chi connectivity index (χ2v) is 7.31. The second-order valence-electron chi connectivity index (χ2n) is 6.28. The van der Waals surface area contributed by atoms with Gasteiger partial charge in [-0.2, -0.15) is 0 Å². The molecule has 1 atom stereocenters. The van der Waals surface area contributed by atoms with Crippen molar-refractivity contribution in [2.75, 3.05) is 5.73 Å². The molecule has 2 aromatic heterocycles. The number of nitrogens with one attached hydrogen (secondary N) is 2. The number of Topliss-reactive ketones (excluding diaryl/α,β-unsaturated/α-hetero) is 1. The van der Waals surface area contributed by atoms with Crippen LogP contribution < -0.4 is 11.1 Å². The fourth-order valence-electron chi connectivity index (χ4n) is 3.02. The number of aromatic nitrogens is 3. The van der Waals surface area contributed by atoms with Crippen molar-refractivity contribution in [1.82, 2.24) is 20.3 Å². The average molecular weight is 379 g/mol. The predicted molar refractivity (Wildman–Crippen MR) is 106 cm³/mol. The van der Waals surface area contributed by atoms with E-state index in [-0.39, 0.29) is 11.7 Å². The summed E-state index contributed by atoms with van der Waals surface area (Å²) in [7, 11) is 0. The van der Waals surface area contributed by atoms with Gasteiger partial charge in [-0.25, -0.2) is 9.97 Å². The number of carbonyl (C=O) groups excluding carboxylic acids is 2. The van der Waals surface area contributed by atoms with Crippen LogP contribution in [0.1, 0.15) is 22.3 Å². The van der Waals surface area contributed by atoms with Gasteiger partial charge >= 0.3 is 0 Å². The first-order chi connectivity index (χ1) is 13.0. The first kappa shape index (κ1) is 17.2. The first-order valence-corrected chi connectivity index (χ1v) is 9.22. The smallest absolute Gasteiger partial charge is 0.217 e. The Bertz CT molecular complexity index is 1130. The monoisotopic (exact) mass is 379 g/mol. The molecule has 4 N–H and O–H groups in total. The lowest BCUT2D eigenvalue weighted by Gasteiger charge is -2.15. The molecule has 2 aromatic carbocycles. The summed E-state index contributed by atoms with van der Waals surface area (Å²) < 4.78 is 0.941. The first-order valence-electron chi connectivity index (χ1n) is 8.40. The van der Waals surface area contributed by atoms with Crippen molar-refractivity contribution in [3.8, 4) is 0 Å². The highest BCUT2D eigenvalue weighted by Gasteiger charge is 2.24. The zero-order chi connectivity index (χ0) is 19.0. The van der Waals surface area contributed by atoms with Crippen molar-refractivity contribution in [2.45, 2.75) is 19.4 Å². The number of hydrogen-bond acceptors (Lipinski definition) is 6. The van der Waals surface area contributed by atoms with Crippen LogP contribution in [0.25, 0.3) is 21.3 Å². The molecule has 0 radical (unpaired) electrons. The number of aromatic amines is 1. The maximum Gasteiger partial charge on any atom is 0.217 e. The van der Waals surface area contributed by atoms with Gasteiger partial charge in [-0.3, -0.25) is 9.59 Å². The molecule has 0 fully saturated rings. The Morgan fingerprint density at radius 1 is 1.19 bits per heavy atom. The summed E-state index contributed by atoms with van der Waals surface area (Å²) in [6, 6.07) is 12.5. The Hall–Kier alpha value is -3.26. The van der Waals surface area contributed by atoms with Crippen LogP contribution in [-0.4, -0.2) is 32.7 Å². The predicted octanol–water partition coefficient (Wildman–Crippen LogP) is 2.68. The number of H-pyrrole nitrogens is 1. The van der Waals surface area contributed by atoms with E-state index >= 15 is 0 Å². The topological polar surface area (TPSA) is 114 Å². The molecular formula is C19H17N5O2S. The van der Waals surface area contributed by atoms with Crippen molar-refractivity contribution in [2.24, 2.45) is 0 Å². The number of nitrogens with zero attached hydrogens (tertiary/aromatic N) is 2. The molecule has 0 saturated heterocycles. The van der Waals surface area contributed by atoms with Gasteiger partial charge in [-0.1, -0.05) is 18.2 Å². The molecular weight excluding hydrogens is 362 g/mol. The summed E-state index contributed by atoms with van der Waals surface area (Å²) in [6.07, 6.45) is 0.350. The maximum absolute atomic E-state index is 13.0. The van der Waals surface area contributed by atoms with Gasteiger partial charge in [0.2, 0.25) is 11.7 Å². The second kappa shape index (κ2) is 6.81. The van der Waals surface area contributed by atoms with Crippen LogP contribution in [0, 0.1) is 0 Å². The zero-order valence-electron chi connectivity index (χ0n) is 14.5. The van der Waals surface area contributed by atoms with E-state index in [1.54, 1.807) is 0 Å². The number of carbonyl (C=O) groups is 2. The lowest BCUT2D eigenvalue weighted by atomic mass is 10.0. The summed E-state index contributed by atoms with van der Waals surface area (Å²) in [6.45, 7) is 1.40. The molecule has 1 unspecified atom stereocenters. The third-order valence-corrected chi connectivity index (χ3v) is 5.25. The van der Waals surface area contributed by atoms with Crippen molar-refractivity contribution >= 4 is 50.2 Å². The van der Waals surface area contributed by atoms with Crippen LogP contribution in [0.4, 0.5) is 5.95 Å². The minimum absolute atomic E-state index is 0.198. The van der Waals surface area contributed by atoms with E-state index in [1.807, 2.05) is 42.5 Å². The number of thiazole rings is 1. The molecule has 4 aromatic rings. The Morgan fingerprint density at radius 3 is 2.78 bits per heavy atom. The van der Waals surface area contributed by atoms with Crippen molar-refractivity contribution < 1.29 is 9.59 Å². The number of rotatable bonds is 5. The van der Waals surface area contributed by atoms with E-state index in [2.05, 4.69) is 20.3 Å². The third kappa shape index (κ3) is 3.52. The van der Waals surface area contributed by atoms with Crippen LogP contribution in [0.3, 0.4) is 0 Å². The minimum Gasteiger partial charge on any atom is -0.369 e. The van der Waals surface area contributed by atoms with Gasteiger partial charge in [0.15, 0.2) is 11.0 Å². The summed E-state index contributed by atoms with van der Waals surface area (Å²) in [5.74, 6) is -0.122. The van der Waals surface area contributed by atoms with E-state index in [0.29, 0.717) is 17.4 Å². The van der Waals surface area contributed by atoms with Gasteiger partial charge in [0.25, 0.3) is 0 Å². The number of ketones is 1. The number of imidazole rings is 1. The van der Waals surface area contributed by atoms with Crippen molar-refractivity contribution in [3.63, 3.8) is 0 Å². The van der Waals surface area contributed by atoms with E-state index in [0.717, 1.165) is 26.8 Å². The van der Waals surface area contributed by atoms with E-state index in [9.17, 15) is 9.59 Å². The molecule has 0 saturated carbocycles. The van der Waals surface area contributed by atoms with E-state index < -0.39 is 6.04 Å². The van der Waals surface area contributed by atoms with E-state index in [4.69, 9.17) is 5.73 Å². The van der Waals surface area contributed by atoms with Gasteiger partial charge in [0, 0.05) is 13.3 Å². The number of fused-ring (bicyclic) bond motifs is 2. The SMILES string of the molecule is CC(=O)NC(Cc1ccc2nc(N)[nH]c2c1)C(=O)c1nc2ccccc2s1. The Balaban J connectivity index is 1.64. The largest absolute Gasteiger partial charge is 0.369 e. The van der Waals surface area contributed by atoms with Crippen molar-refractivity contribution in [1.29, 1.82) is 0 Å². The Labute approximate surface area is 158 Å². The summed E-state index contributed by atoms with van der Waals surface area (Å²) in [4.78, 5) is 36.2. The fourth-order valence-corrected chi connectivity index (χ4v) is 3.98. The maximum atomic E-state index is 13.0. The number of anilines is 1. The van der Waals surface area contributed by atoms with Crippen LogP contribution in [-0.2, 0) is 11.2 Å². The van der Waals surface area contributed by atoms with Gasteiger partial charge in [-0.15, -0.1) is 11.3 Å². The standard InChI is InChI=1S/C19H17N5O2S/c1-10(25)21-15(9-11-6-7-12-14(8-11)24-19(20)23-12)17(26)18-22-13-4-2-3-5-16(13)27-18/h2-8,15H,9H2,1H3,(H,21,25)(H3,20,23,24). The molecule has 2 heterocycles. The summed E-state index contributed by atoms with van der Waals surface area (Å²) >= 11 is 1.33. The molecule has 0 aliphatic carbocycles. The normalized spacial score (nSPS) is 12.3. The molecule has 1 amide bonds. The molecule has 136 valence electrons. The number of nitrogens with two attached hydrogens (primary N) is 1. The highest BCUT2D eigenvalue weighted by atomic mass is 32.1. The van der Waals surface area contributed by atoms with Crippen LogP contribution in [0.5, 0.6) is 0 Å². The summed E-state index contributed by atoms with van der Waals surface area (Å²) in [5, 5.41) is 3.14. The highest BCUT2D eigenvalue weighted by molar-refractivity contribution is 7.20. The molecule has 0 aliphatic heterocycles. The lowest BCUT2D eigenvalue weighted by Crippen LogP contribution is -2.41.